The summed E-state index contributed by atoms with van der Waals surface area (Å²) in [6.45, 7) is 10.8. The lowest BCUT2D eigenvalue weighted by atomic mass is 9.93. The molecular formula is C36H34ClN3O3S. The molecule has 1 aliphatic rings. The molecule has 6 nitrogen and oxygen atoms in total. The average Bonchev–Trinajstić information content (AvgIpc) is 3.45. The molecule has 6 rings (SSSR count). The maximum Gasteiger partial charge on any atom is 0.338 e. The summed E-state index contributed by atoms with van der Waals surface area (Å²) in [7, 11) is 1.36. The van der Waals surface area contributed by atoms with E-state index in [1.54, 1.807) is 11.5 Å². The lowest BCUT2D eigenvalue weighted by Crippen LogP contribution is -2.39. The van der Waals surface area contributed by atoms with Crippen molar-refractivity contribution in [2.24, 2.45) is 4.99 Å². The minimum absolute atomic E-state index is 0.195. The van der Waals surface area contributed by atoms with Gasteiger partial charge in [-0.25, -0.2) is 9.79 Å². The lowest BCUT2D eigenvalue weighted by molar-refractivity contribution is -0.136. The van der Waals surface area contributed by atoms with Crippen molar-refractivity contribution in [2.45, 2.75) is 53.1 Å². The number of methoxy groups -OCH3 is 1. The van der Waals surface area contributed by atoms with Crippen LogP contribution in [-0.4, -0.2) is 22.2 Å². The van der Waals surface area contributed by atoms with Gasteiger partial charge in [-0.1, -0.05) is 90.9 Å². The third kappa shape index (κ3) is 5.14. The zero-order chi connectivity index (χ0) is 31.3. The third-order valence-corrected chi connectivity index (χ3v) is 9.79. The number of aryl methyl sites for hydroxylation is 1. The number of benzene rings is 3. The maximum absolute atomic E-state index is 14.3. The van der Waals surface area contributed by atoms with E-state index in [1.165, 1.54) is 24.0 Å². The number of rotatable bonds is 6. The highest BCUT2D eigenvalue weighted by Gasteiger charge is 2.33. The molecule has 0 fully saturated rings. The molecule has 3 heterocycles. The summed E-state index contributed by atoms with van der Waals surface area (Å²) in [5.74, 6) is -0.136. The first-order chi connectivity index (χ1) is 21.1. The molecule has 0 bridgehead atoms. The second-order valence-corrected chi connectivity index (χ2v) is 13.0. The maximum atomic E-state index is 14.3. The van der Waals surface area contributed by atoms with Crippen LogP contribution in [0.4, 0.5) is 0 Å². The Kier molecular flexibility index (Phi) is 7.95. The molecule has 0 spiro atoms. The highest BCUT2D eigenvalue weighted by molar-refractivity contribution is 7.07. The van der Waals surface area contributed by atoms with Crippen LogP contribution in [0.1, 0.15) is 66.2 Å². The Morgan fingerprint density at radius 2 is 1.80 bits per heavy atom. The fourth-order valence-electron chi connectivity index (χ4n) is 6.01. The first-order valence-electron chi connectivity index (χ1n) is 14.6. The minimum atomic E-state index is -0.646. The van der Waals surface area contributed by atoms with Crippen molar-refractivity contribution in [2.75, 3.05) is 7.11 Å². The molecule has 0 radical (unpaired) electrons. The predicted octanol–water partition coefficient (Wildman–Crippen LogP) is 6.80. The number of hydrogen-bond donors (Lipinski definition) is 0. The summed E-state index contributed by atoms with van der Waals surface area (Å²) in [4.78, 5) is 32.6. The van der Waals surface area contributed by atoms with E-state index in [9.17, 15) is 9.59 Å². The summed E-state index contributed by atoms with van der Waals surface area (Å²) >= 11 is 7.89. The van der Waals surface area contributed by atoms with Gasteiger partial charge in [0.15, 0.2) is 4.80 Å². The van der Waals surface area contributed by atoms with Crippen LogP contribution in [0.5, 0.6) is 0 Å². The van der Waals surface area contributed by atoms with Crippen molar-refractivity contribution in [3.05, 3.63) is 136 Å². The van der Waals surface area contributed by atoms with Crippen LogP contribution in [0.2, 0.25) is 5.02 Å². The van der Waals surface area contributed by atoms with Crippen LogP contribution in [0.25, 0.3) is 17.0 Å². The van der Waals surface area contributed by atoms with Gasteiger partial charge in [0.05, 0.1) is 29.0 Å². The summed E-state index contributed by atoms with van der Waals surface area (Å²) in [6.07, 6.45) is 1.97. The molecule has 1 aliphatic heterocycles. The third-order valence-electron chi connectivity index (χ3n) is 8.44. The van der Waals surface area contributed by atoms with E-state index >= 15 is 0 Å². The number of allylic oxidation sites excluding steroid dienone is 1. The quantitative estimate of drug-likeness (QED) is 0.195. The molecule has 5 aromatic rings. The number of fused-ring (bicyclic) bond motifs is 2. The van der Waals surface area contributed by atoms with Gasteiger partial charge in [0.2, 0.25) is 0 Å². The van der Waals surface area contributed by atoms with Gasteiger partial charge in [-0.3, -0.25) is 9.36 Å². The molecule has 0 aliphatic carbocycles. The van der Waals surface area contributed by atoms with Gasteiger partial charge >= 0.3 is 5.97 Å². The zero-order valence-corrected chi connectivity index (χ0v) is 27.2. The Morgan fingerprint density at radius 1 is 1.07 bits per heavy atom. The molecule has 0 N–H and O–H groups in total. The van der Waals surface area contributed by atoms with E-state index in [1.807, 2.05) is 42.5 Å². The molecule has 8 heteroatoms. The van der Waals surface area contributed by atoms with Crippen molar-refractivity contribution in [1.29, 1.82) is 0 Å². The number of esters is 1. The zero-order valence-electron chi connectivity index (χ0n) is 25.6. The summed E-state index contributed by atoms with van der Waals surface area (Å²) in [6, 6.07) is 21.7. The number of hydrogen-bond acceptors (Lipinski definition) is 5. The highest BCUT2D eigenvalue weighted by Crippen LogP contribution is 2.32. The average molecular weight is 624 g/mol. The van der Waals surface area contributed by atoms with Gasteiger partial charge in [-0.2, -0.15) is 0 Å². The molecule has 0 saturated carbocycles. The SMILES string of the molecule is COC(=O)C1=C(C)N=c2s/c(=C\c3c(C)n(Cc4ccccc4Cl)c4ccc(C)cc34)c(=O)n2[C@@H]1c1ccc(C(C)C)cc1. The molecule has 1 atom stereocenters. The van der Waals surface area contributed by atoms with Crippen molar-refractivity contribution in [3.63, 3.8) is 0 Å². The highest BCUT2D eigenvalue weighted by atomic mass is 35.5. The number of ether oxygens (including phenoxy) is 1. The van der Waals surface area contributed by atoms with Crippen LogP contribution in [0.15, 0.2) is 87.8 Å². The minimum Gasteiger partial charge on any atom is -0.466 e. The van der Waals surface area contributed by atoms with Gasteiger partial charge in [-0.15, -0.1) is 0 Å². The van der Waals surface area contributed by atoms with E-state index in [0.717, 1.165) is 38.9 Å². The Hall–Kier alpha value is -4.20. The van der Waals surface area contributed by atoms with Gasteiger partial charge in [0.1, 0.15) is 0 Å². The predicted molar refractivity (Wildman–Crippen MR) is 178 cm³/mol. The number of thiazole rings is 1. The van der Waals surface area contributed by atoms with E-state index in [0.29, 0.717) is 38.1 Å². The van der Waals surface area contributed by atoms with Crippen LogP contribution < -0.4 is 14.9 Å². The molecule has 3 aromatic carbocycles. The molecule has 224 valence electrons. The second kappa shape index (κ2) is 11.7. The van der Waals surface area contributed by atoms with Gasteiger partial charge in [0, 0.05) is 33.7 Å². The fraction of sp³-hybridized carbons (Fsp3) is 0.250. The smallest absolute Gasteiger partial charge is 0.338 e. The van der Waals surface area contributed by atoms with Crippen molar-refractivity contribution in [1.82, 2.24) is 9.13 Å². The Labute approximate surface area is 265 Å². The first-order valence-corrected chi connectivity index (χ1v) is 15.8. The number of halogens is 1. The van der Waals surface area contributed by atoms with E-state index < -0.39 is 12.0 Å². The molecule has 2 aromatic heterocycles. The number of carbonyl (C=O) groups excluding carboxylic acids is 1. The first kappa shape index (κ1) is 29.9. The Morgan fingerprint density at radius 3 is 2.48 bits per heavy atom. The normalized spacial score (nSPS) is 15.2. The number of aromatic nitrogens is 2. The number of nitrogens with zero attached hydrogens (tertiary/aromatic N) is 3. The van der Waals surface area contributed by atoms with Crippen LogP contribution in [0.3, 0.4) is 0 Å². The van der Waals surface area contributed by atoms with E-state index in [2.05, 4.69) is 62.6 Å². The molecule has 0 unspecified atom stereocenters. The van der Waals surface area contributed by atoms with Crippen molar-refractivity contribution < 1.29 is 9.53 Å². The lowest BCUT2D eigenvalue weighted by Gasteiger charge is -2.24. The van der Waals surface area contributed by atoms with Gasteiger partial charge in [0.25, 0.3) is 5.56 Å². The summed E-state index contributed by atoms with van der Waals surface area (Å²) in [5.41, 5.74) is 7.96. The fourth-order valence-corrected chi connectivity index (χ4v) is 7.23. The van der Waals surface area contributed by atoms with Gasteiger partial charge in [-0.05, 0) is 67.7 Å². The standard InChI is InChI=1S/C36H34ClN3O3S/c1-20(2)24-12-14-25(15-13-24)33-32(35(42)43-6)22(4)38-36-40(33)34(41)31(44-36)18-27-23(5)39(19-26-9-7-8-10-29(26)37)30-16-11-21(3)17-28(27)30/h7-18,20,33H,19H2,1-6H3/b31-18-/t33-/m1/s1. The van der Waals surface area contributed by atoms with Crippen molar-refractivity contribution in [3.8, 4) is 0 Å². The van der Waals surface area contributed by atoms with Crippen LogP contribution in [0, 0.1) is 13.8 Å². The Bertz CT molecular complexity index is 2150. The van der Waals surface area contributed by atoms with E-state index in [4.69, 9.17) is 21.3 Å². The molecule has 0 amide bonds. The van der Waals surface area contributed by atoms with E-state index in [-0.39, 0.29) is 5.56 Å². The summed E-state index contributed by atoms with van der Waals surface area (Å²) in [5, 5.41) is 1.78. The summed E-state index contributed by atoms with van der Waals surface area (Å²) < 4.78 is 9.62. The molecule has 44 heavy (non-hydrogen) atoms. The Balaban J connectivity index is 1.56. The second-order valence-electron chi connectivity index (χ2n) is 11.6. The molecule has 0 saturated heterocycles. The largest absolute Gasteiger partial charge is 0.466 e. The monoisotopic (exact) mass is 623 g/mol. The topological polar surface area (TPSA) is 65.6 Å². The van der Waals surface area contributed by atoms with Crippen LogP contribution in [-0.2, 0) is 16.1 Å². The van der Waals surface area contributed by atoms with Crippen molar-refractivity contribution >= 4 is 45.9 Å². The number of carbonyl (C=O) groups is 1. The van der Waals surface area contributed by atoms with Crippen LogP contribution >= 0.6 is 22.9 Å². The van der Waals surface area contributed by atoms with Gasteiger partial charge < -0.3 is 9.30 Å². The molecular weight excluding hydrogens is 590 g/mol.